The number of hydrogen-bond donors (Lipinski definition) is 1. The first kappa shape index (κ1) is 10.4. The second-order valence-corrected chi connectivity index (χ2v) is 4.78. The number of carbonyl (C=O) groups is 1. The molecule has 0 aromatic rings. The van der Waals surface area contributed by atoms with Crippen LogP contribution in [0, 0.1) is 0 Å². The Bertz CT molecular complexity index is 229. The molecule has 0 heterocycles. The fraction of sp³-hybridized carbons (Fsp3) is 0.833. The van der Waals surface area contributed by atoms with E-state index in [1.54, 1.807) is 6.92 Å². The van der Waals surface area contributed by atoms with Crippen molar-refractivity contribution >= 4 is 15.8 Å². The van der Waals surface area contributed by atoms with E-state index in [4.69, 9.17) is 5.11 Å². The third-order valence-corrected chi connectivity index (χ3v) is 3.17. The molecule has 4 nitrogen and oxygen atoms in total. The molecule has 1 unspecified atom stereocenters. The van der Waals surface area contributed by atoms with E-state index in [1.807, 2.05) is 0 Å². The highest BCUT2D eigenvalue weighted by Gasteiger charge is 2.21. The first-order chi connectivity index (χ1) is 4.88. The molecule has 0 aromatic carbocycles. The van der Waals surface area contributed by atoms with Crippen LogP contribution in [0.15, 0.2) is 0 Å². The van der Waals surface area contributed by atoms with Gasteiger partial charge in [-0.2, -0.15) is 0 Å². The molecule has 0 rings (SSSR count). The van der Waals surface area contributed by atoms with Crippen molar-refractivity contribution in [3.8, 4) is 0 Å². The van der Waals surface area contributed by atoms with Gasteiger partial charge >= 0.3 is 5.97 Å². The molecule has 0 fully saturated rings. The molecule has 0 spiro atoms. The zero-order chi connectivity index (χ0) is 9.07. The predicted molar refractivity (Wildman–Crippen MR) is 41.2 cm³/mol. The second-order valence-electron chi connectivity index (χ2n) is 2.46. The van der Waals surface area contributed by atoms with Gasteiger partial charge in [-0.05, 0) is 6.42 Å². The Morgan fingerprint density at radius 2 is 2.00 bits per heavy atom. The van der Waals surface area contributed by atoms with Crippen molar-refractivity contribution in [2.75, 3.05) is 6.26 Å². The van der Waals surface area contributed by atoms with Crippen LogP contribution < -0.4 is 0 Å². The third-order valence-electron chi connectivity index (χ3n) is 1.46. The van der Waals surface area contributed by atoms with Gasteiger partial charge in [-0.25, -0.2) is 8.42 Å². The number of hydrogen-bond acceptors (Lipinski definition) is 3. The largest absolute Gasteiger partial charge is 0.481 e. The Morgan fingerprint density at radius 1 is 1.55 bits per heavy atom. The van der Waals surface area contributed by atoms with E-state index < -0.39 is 21.1 Å². The summed E-state index contributed by atoms with van der Waals surface area (Å²) in [6.45, 7) is 1.66. The van der Waals surface area contributed by atoms with Gasteiger partial charge in [0, 0.05) is 6.26 Å². The zero-order valence-corrected chi connectivity index (χ0v) is 7.39. The van der Waals surface area contributed by atoms with E-state index in [9.17, 15) is 13.2 Å². The zero-order valence-electron chi connectivity index (χ0n) is 6.57. The van der Waals surface area contributed by atoms with Crippen molar-refractivity contribution in [1.29, 1.82) is 0 Å². The lowest BCUT2D eigenvalue weighted by atomic mass is 10.2. The minimum atomic E-state index is -3.19. The molecule has 0 aliphatic carbocycles. The molecule has 0 bridgehead atoms. The van der Waals surface area contributed by atoms with Gasteiger partial charge in [-0.1, -0.05) is 6.92 Å². The quantitative estimate of drug-likeness (QED) is 0.674. The van der Waals surface area contributed by atoms with Crippen LogP contribution in [0.2, 0.25) is 0 Å². The fourth-order valence-corrected chi connectivity index (χ4v) is 1.84. The van der Waals surface area contributed by atoms with Crippen LogP contribution in [0.5, 0.6) is 0 Å². The Hall–Kier alpha value is -0.580. The molecule has 0 radical (unpaired) electrons. The Morgan fingerprint density at radius 3 is 2.09 bits per heavy atom. The summed E-state index contributed by atoms with van der Waals surface area (Å²) >= 11 is 0. The van der Waals surface area contributed by atoms with E-state index in [2.05, 4.69) is 0 Å². The van der Waals surface area contributed by atoms with Crippen molar-refractivity contribution in [2.24, 2.45) is 0 Å². The van der Waals surface area contributed by atoms with Crippen LogP contribution >= 0.6 is 0 Å². The Balaban J connectivity index is 4.31. The first-order valence-corrected chi connectivity index (χ1v) is 5.24. The molecule has 5 heteroatoms. The smallest absolute Gasteiger partial charge is 0.304 e. The summed E-state index contributed by atoms with van der Waals surface area (Å²) < 4.78 is 21.7. The van der Waals surface area contributed by atoms with E-state index in [0.717, 1.165) is 6.26 Å². The van der Waals surface area contributed by atoms with Crippen molar-refractivity contribution < 1.29 is 18.3 Å². The monoisotopic (exact) mass is 180 g/mol. The van der Waals surface area contributed by atoms with Crippen molar-refractivity contribution in [1.82, 2.24) is 0 Å². The summed E-state index contributed by atoms with van der Waals surface area (Å²) in [5.74, 6) is -1.07. The van der Waals surface area contributed by atoms with E-state index >= 15 is 0 Å². The molecular weight excluding hydrogens is 168 g/mol. The summed E-state index contributed by atoms with van der Waals surface area (Å²) in [6.07, 6.45) is 1.12. The first-order valence-electron chi connectivity index (χ1n) is 3.28. The maximum absolute atomic E-state index is 10.8. The highest BCUT2D eigenvalue weighted by atomic mass is 32.2. The average molecular weight is 180 g/mol. The predicted octanol–water partition coefficient (Wildman–Crippen LogP) is 0.284. The van der Waals surface area contributed by atoms with Crippen LogP contribution in [-0.2, 0) is 14.6 Å². The van der Waals surface area contributed by atoms with Gasteiger partial charge in [-0.3, -0.25) is 4.79 Å². The van der Waals surface area contributed by atoms with Gasteiger partial charge < -0.3 is 5.11 Å². The molecule has 0 saturated heterocycles. The Kier molecular flexibility index (Phi) is 3.51. The topological polar surface area (TPSA) is 71.4 Å². The summed E-state index contributed by atoms with van der Waals surface area (Å²) in [5.41, 5.74) is 0. The van der Waals surface area contributed by atoms with Gasteiger partial charge in [0.1, 0.15) is 0 Å². The summed E-state index contributed by atoms with van der Waals surface area (Å²) in [4.78, 5) is 10.2. The summed E-state index contributed by atoms with van der Waals surface area (Å²) in [6, 6.07) is 0. The lowest BCUT2D eigenvalue weighted by Gasteiger charge is -2.08. The Labute approximate surface area is 66.1 Å². The SMILES string of the molecule is CCC(CC(=O)O)S(C)(=O)=O. The number of aliphatic carboxylic acids is 1. The van der Waals surface area contributed by atoms with E-state index in [0.29, 0.717) is 6.42 Å². The number of sulfone groups is 1. The van der Waals surface area contributed by atoms with Gasteiger partial charge in [-0.15, -0.1) is 0 Å². The molecule has 0 aromatic heterocycles. The molecular formula is C6H12O4S. The van der Waals surface area contributed by atoms with Crippen molar-refractivity contribution in [3.63, 3.8) is 0 Å². The van der Waals surface area contributed by atoms with Crippen LogP contribution in [0.25, 0.3) is 0 Å². The molecule has 0 aliphatic rings. The number of carboxylic acids is 1. The highest BCUT2D eigenvalue weighted by Crippen LogP contribution is 2.08. The third kappa shape index (κ3) is 3.98. The fourth-order valence-electron chi connectivity index (χ4n) is 0.793. The van der Waals surface area contributed by atoms with Crippen LogP contribution in [0.1, 0.15) is 19.8 Å². The summed E-state index contributed by atoms with van der Waals surface area (Å²) in [5, 5.41) is 7.58. The number of carboxylic acid groups (broad SMARTS) is 1. The molecule has 66 valence electrons. The molecule has 1 atom stereocenters. The normalized spacial score (nSPS) is 14.4. The average Bonchev–Trinajstić information content (AvgIpc) is 1.79. The second kappa shape index (κ2) is 3.71. The number of rotatable bonds is 4. The van der Waals surface area contributed by atoms with Gasteiger partial charge in [0.05, 0.1) is 11.7 Å². The van der Waals surface area contributed by atoms with E-state index in [1.165, 1.54) is 0 Å². The van der Waals surface area contributed by atoms with Crippen molar-refractivity contribution in [3.05, 3.63) is 0 Å². The van der Waals surface area contributed by atoms with Gasteiger partial charge in [0.25, 0.3) is 0 Å². The van der Waals surface area contributed by atoms with Gasteiger partial charge in [0.15, 0.2) is 9.84 Å². The minimum Gasteiger partial charge on any atom is -0.481 e. The van der Waals surface area contributed by atoms with Crippen LogP contribution in [0.4, 0.5) is 0 Å². The minimum absolute atomic E-state index is 0.296. The lowest BCUT2D eigenvalue weighted by molar-refractivity contribution is -0.137. The van der Waals surface area contributed by atoms with E-state index in [-0.39, 0.29) is 6.42 Å². The van der Waals surface area contributed by atoms with Gasteiger partial charge in [0.2, 0.25) is 0 Å². The molecule has 1 N–H and O–H groups in total. The molecule has 0 saturated carbocycles. The van der Waals surface area contributed by atoms with Crippen molar-refractivity contribution in [2.45, 2.75) is 25.0 Å². The van der Waals surface area contributed by atoms with Crippen LogP contribution in [-0.4, -0.2) is 31.0 Å². The maximum Gasteiger partial charge on any atom is 0.304 e. The summed E-state index contributed by atoms with van der Waals surface area (Å²) in [7, 11) is -3.19. The standard InChI is InChI=1S/C6H12O4S/c1-3-5(4-6(7)8)11(2,9)10/h5H,3-4H2,1-2H3,(H,7,8). The molecule has 11 heavy (non-hydrogen) atoms. The lowest BCUT2D eigenvalue weighted by Crippen LogP contribution is -2.22. The van der Waals surface area contributed by atoms with Crippen LogP contribution in [0.3, 0.4) is 0 Å². The highest BCUT2D eigenvalue weighted by molar-refractivity contribution is 7.91. The molecule has 0 aliphatic heterocycles. The maximum atomic E-state index is 10.8. The molecule has 0 amide bonds.